The summed E-state index contributed by atoms with van der Waals surface area (Å²) in [6.07, 6.45) is 7.78. The van der Waals surface area contributed by atoms with E-state index in [2.05, 4.69) is 27.8 Å². The van der Waals surface area contributed by atoms with E-state index in [0.29, 0.717) is 18.8 Å². The second-order valence-corrected chi connectivity index (χ2v) is 7.74. The highest BCUT2D eigenvalue weighted by atomic mass is 127. The van der Waals surface area contributed by atoms with Crippen LogP contribution in [0.2, 0.25) is 0 Å². The summed E-state index contributed by atoms with van der Waals surface area (Å²) < 4.78 is 10.7. The van der Waals surface area contributed by atoms with E-state index in [1.54, 1.807) is 12.1 Å². The first-order valence-corrected chi connectivity index (χ1v) is 10.9. The average molecular weight is 533 g/mol. The van der Waals surface area contributed by atoms with Crippen molar-refractivity contribution in [1.29, 1.82) is 0 Å². The van der Waals surface area contributed by atoms with Gasteiger partial charge in [0.1, 0.15) is 0 Å². The first kappa shape index (κ1) is 24.9. The van der Waals surface area contributed by atoms with Crippen LogP contribution >= 0.6 is 24.0 Å². The monoisotopic (exact) mass is 533 g/mol. The number of hydrogen-bond donors (Lipinski definition) is 3. The molecule has 1 aliphatic heterocycles. The maximum absolute atomic E-state index is 11.9. The number of morpholine rings is 1. The molecule has 30 heavy (non-hydrogen) atoms. The van der Waals surface area contributed by atoms with Gasteiger partial charge in [-0.05, 0) is 31.9 Å². The van der Waals surface area contributed by atoms with Gasteiger partial charge in [-0.1, -0.05) is 19.3 Å². The largest absolute Gasteiger partial charge is 0.459 e. The average Bonchev–Trinajstić information content (AvgIpc) is 3.31. The van der Waals surface area contributed by atoms with E-state index >= 15 is 0 Å². The van der Waals surface area contributed by atoms with E-state index < -0.39 is 0 Å². The SMILES string of the molecule is CCNC(=NCC1(N2CCOCC2)CCCCC1)NCCNC(=O)c1ccco1.I. The van der Waals surface area contributed by atoms with Crippen LogP contribution in [0.15, 0.2) is 27.8 Å². The van der Waals surface area contributed by atoms with Crippen LogP contribution in [0.4, 0.5) is 0 Å². The summed E-state index contributed by atoms with van der Waals surface area (Å²) in [6, 6.07) is 3.36. The highest BCUT2D eigenvalue weighted by Gasteiger charge is 2.38. The van der Waals surface area contributed by atoms with Gasteiger partial charge < -0.3 is 25.1 Å². The summed E-state index contributed by atoms with van der Waals surface area (Å²) in [6.45, 7) is 8.39. The molecule has 3 rings (SSSR count). The van der Waals surface area contributed by atoms with Crippen LogP contribution < -0.4 is 16.0 Å². The first-order chi connectivity index (χ1) is 14.2. The Hall–Kier alpha value is -1.33. The van der Waals surface area contributed by atoms with Crippen LogP contribution in [0, 0.1) is 0 Å². The molecule has 3 N–H and O–H groups in total. The molecule has 1 aromatic heterocycles. The topological polar surface area (TPSA) is 91.1 Å². The van der Waals surface area contributed by atoms with E-state index in [0.717, 1.165) is 45.4 Å². The highest BCUT2D eigenvalue weighted by molar-refractivity contribution is 14.0. The standard InChI is InChI=1S/C21H35N5O3.HI/c1-2-22-20(24-11-10-23-19(27)18-7-6-14-29-18)25-17-21(8-4-3-5-9-21)26-12-15-28-16-13-26;/h6-7,14H,2-5,8-13,15-17H2,1H3,(H,23,27)(H2,22,24,25);1H. The van der Waals surface area contributed by atoms with Crippen LogP contribution in [0.3, 0.4) is 0 Å². The molecule has 0 spiro atoms. The fourth-order valence-electron chi connectivity index (χ4n) is 4.24. The van der Waals surface area contributed by atoms with Crippen molar-refractivity contribution in [2.45, 2.75) is 44.6 Å². The van der Waals surface area contributed by atoms with Gasteiger partial charge in [0.15, 0.2) is 11.7 Å². The molecular formula is C21H36IN5O3. The number of hydrogen-bond acceptors (Lipinski definition) is 5. The molecule has 1 amide bonds. The number of amides is 1. The number of rotatable bonds is 8. The third-order valence-electron chi connectivity index (χ3n) is 5.79. The lowest BCUT2D eigenvalue weighted by Crippen LogP contribution is -2.56. The Morgan fingerprint density at radius 1 is 1.13 bits per heavy atom. The molecular weight excluding hydrogens is 497 g/mol. The van der Waals surface area contributed by atoms with Gasteiger partial charge in [0.05, 0.1) is 26.0 Å². The molecule has 9 heteroatoms. The van der Waals surface area contributed by atoms with Gasteiger partial charge in [-0.15, -0.1) is 24.0 Å². The van der Waals surface area contributed by atoms with E-state index in [9.17, 15) is 4.79 Å². The third-order valence-corrected chi connectivity index (χ3v) is 5.79. The summed E-state index contributed by atoms with van der Waals surface area (Å²) in [5.74, 6) is 0.931. The van der Waals surface area contributed by atoms with Crippen molar-refractivity contribution in [2.75, 3.05) is 52.5 Å². The molecule has 0 unspecified atom stereocenters. The van der Waals surface area contributed by atoms with E-state index in [-0.39, 0.29) is 35.4 Å². The molecule has 2 fully saturated rings. The van der Waals surface area contributed by atoms with Crippen molar-refractivity contribution in [3.05, 3.63) is 24.2 Å². The summed E-state index contributed by atoms with van der Waals surface area (Å²) in [5, 5.41) is 9.50. The number of carbonyl (C=O) groups is 1. The van der Waals surface area contributed by atoms with Crippen molar-refractivity contribution < 1.29 is 13.9 Å². The predicted molar refractivity (Wildman–Crippen MR) is 129 cm³/mol. The molecule has 0 aromatic carbocycles. The number of furan rings is 1. The lowest BCUT2D eigenvalue weighted by atomic mass is 9.80. The van der Waals surface area contributed by atoms with Crippen molar-refractivity contribution in [2.24, 2.45) is 4.99 Å². The lowest BCUT2D eigenvalue weighted by molar-refractivity contribution is -0.0333. The van der Waals surface area contributed by atoms with Crippen LogP contribution in [0.1, 0.15) is 49.6 Å². The second kappa shape index (κ2) is 13.2. The molecule has 1 saturated carbocycles. The molecule has 170 valence electrons. The van der Waals surface area contributed by atoms with Gasteiger partial charge in [-0.3, -0.25) is 14.7 Å². The zero-order valence-corrected chi connectivity index (χ0v) is 20.3. The fraction of sp³-hybridized carbons (Fsp3) is 0.714. The maximum Gasteiger partial charge on any atom is 0.287 e. The zero-order valence-electron chi connectivity index (χ0n) is 18.0. The smallest absolute Gasteiger partial charge is 0.287 e. The third kappa shape index (κ3) is 7.12. The molecule has 1 aliphatic carbocycles. The van der Waals surface area contributed by atoms with Gasteiger partial charge in [-0.25, -0.2) is 0 Å². The summed E-state index contributed by atoms with van der Waals surface area (Å²) in [4.78, 5) is 19.5. The first-order valence-electron chi connectivity index (χ1n) is 10.9. The van der Waals surface area contributed by atoms with Gasteiger partial charge in [0, 0.05) is 38.3 Å². The minimum absolute atomic E-state index is 0. The van der Waals surface area contributed by atoms with Crippen molar-refractivity contribution in [1.82, 2.24) is 20.9 Å². The Labute approximate surface area is 196 Å². The molecule has 0 bridgehead atoms. The predicted octanol–water partition coefficient (Wildman–Crippen LogP) is 2.22. The molecule has 0 radical (unpaired) electrons. The molecule has 1 saturated heterocycles. The lowest BCUT2D eigenvalue weighted by Gasteiger charge is -2.47. The normalized spacial score (nSPS) is 19.6. The molecule has 8 nitrogen and oxygen atoms in total. The van der Waals surface area contributed by atoms with Crippen LogP contribution in [0.5, 0.6) is 0 Å². The zero-order chi connectivity index (χ0) is 20.4. The van der Waals surface area contributed by atoms with Crippen molar-refractivity contribution >= 4 is 35.8 Å². The highest BCUT2D eigenvalue weighted by Crippen LogP contribution is 2.34. The van der Waals surface area contributed by atoms with Crippen molar-refractivity contribution in [3.63, 3.8) is 0 Å². The molecule has 2 aliphatic rings. The van der Waals surface area contributed by atoms with E-state index in [1.165, 1.54) is 38.4 Å². The number of carbonyl (C=O) groups excluding carboxylic acids is 1. The molecule has 1 aromatic rings. The Kier molecular flexibility index (Phi) is 10.9. The molecule has 0 atom stereocenters. The fourth-order valence-corrected chi connectivity index (χ4v) is 4.24. The van der Waals surface area contributed by atoms with Crippen LogP contribution in [-0.4, -0.2) is 74.8 Å². The number of aliphatic imine (C=N–C) groups is 1. The summed E-state index contributed by atoms with van der Waals surface area (Å²) >= 11 is 0. The number of halogens is 1. The Morgan fingerprint density at radius 2 is 1.87 bits per heavy atom. The minimum Gasteiger partial charge on any atom is -0.459 e. The maximum atomic E-state index is 11.9. The number of guanidine groups is 1. The van der Waals surface area contributed by atoms with Crippen LogP contribution in [-0.2, 0) is 4.74 Å². The Bertz CT molecular complexity index is 641. The van der Waals surface area contributed by atoms with E-state index in [4.69, 9.17) is 14.1 Å². The minimum atomic E-state index is -0.202. The number of nitrogens with zero attached hydrogens (tertiary/aromatic N) is 2. The second-order valence-electron chi connectivity index (χ2n) is 7.74. The Morgan fingerprint density at radius 3 is 2.53 bits per heavy atom. The summed E-state index contributed by atoms with van der Waals surface area (Å²) in [5.41, 5.74) is 0.151. The van der Waals surface area contributed by atoms with Gasteiger partial charge in [0.25, 0.3) is 5.91 Å². The number of ether oxygens (including phenoxy) is 1. The van der Waals surface area contributed by atoms with Crippen molar-refractivity contribution in [3.8, 4) is 0 Å². The number of nitrogens with one attached hydrogen (secondary N) is 3. The van der Waals surface area contributed by atoms with E-state index in [1.807, 2.05) is 0 Å². The molecule has 2 heterocycles. The quantitative estimate of drug-likeness (QED) is 0.206. The summed E-state index contributed by atoms with van der Waals surface area (Å²) in [7, 11) is 0. The van der Waals surface area contributed by atoms with Gasteiger partial charge in [0.2, 0.25) is 0 Å². The van der Waals surface area contributed by atoms with Gasteiger partial charge >= 0.3 is 0 Å². The van der Waals surface area contributed by atoms with Crippen LogP contribution in [0.25, 0.3) is 0 Å². The Balaban J connectivity index is 0.00000320. The van der Waals surface area contributed by atoms with Gasteiger partial charge in [-0.2, -0.15) is 0 Å².